The number of hydrogen-bond acceptors (Lipinski definition) is 2. The molecule has 2 aromatic carbocycles. The van der Waals surface area contributed by atoms with E-state index in [1.807, 2.05) is 66.7 Å². The Balaban J connectivity index is 0.000000320. The summed E-state index contributed by atoms with van der Waals surface area (Å²) in [6.07, 6.45) is 1.78. The van der Waals surface area contributed by atoms with Gasteiger partial charge >= 0.3 is 21.1 Å². The fourth-order valence-electron chi connectivity index (χ4n) is 2.62. The van der Waals surface area contributed by atoms with Crippen molar-refractivity contribution in [2.24, 2.45) is 0 Å². The number of rotatable bonds is 2. The van der Waals surface area contributed by atoms with Crippen LogP contribution in [0.5, 0.6) is 0 Å². The van der Waals surface area contributed by atoms with Gasteiger partial charge in [0.05, 0.1) is 11.4 Å². The van der Waals surface area contributed by atoms with Crippen LogP contribution >= 0.6 is 0 Å². The zero-order valence-corrected chi connectivity index (χ0v) is 17.6. The molecule has 4 rings (SSSR count). The molecule has 0 bridgehead atoms. The van der Waals surface area contributed by atoms with Gasteiger partial charge in [-0.1, -0.05) is 32.0 Å². The van der Waals surface area contributed by atoms with Gasteiger partial charge in [-0.2, -0.15) is 36.4 Å². The van der Waals surface area contributed by atoms with Gasteiger partial charge in [0.25, 0.3) is 0 Å². The summed E-state index contributed by atoms with van der Waals surface area (Å²) in [6, 6.07) is 31.9. The molecule has 0 aliphatic rings. The first-order chi connectivity index (χ1) is 12.7. The molecule has 2 heterocycles. The normalized spacial score (nSPS) is 9.56. The van der Waals surface area contributed by atoms with Crippen molar-refractivity contribution in [1.82, 2.24) is 9.97 Å². The van der Waals surface area contributed by atoms with E-state index in [1.165, 1.54) is 5.56 Å². The van der Waals surface area contributed by atoms with E-state index in [-0.39, 0.29) is 21.1 Å². The average Bonchev–Trinajstić information content (AvgIpc) is 2.70. The molecule has 0 saturated heterocycles. The summed E-state index contributed by atoms with van der Waals surface area (Å²) in [5.74, 6) is 0. The Hall–Kier alpha value is -2.57. The Labute approximate surface area is 175 Å². The van der Waals surface area contributed by atoms with Gasteiger partial charge in [0.2, 0.25) is 0 Å². The van der Waals surface area contributed by atoms with E-state index in [4.69, 9.17) is 4.98 Å². The molecule has 0 N–H and O–H groups in total. The minimum Gasteiger partial charge on any atom is -0.295 e. The van der Waals surface area contributed by atoms with Crippen LogP contribution in [0.2, 0.25) is 0 Å². The summed E-state index contributed by atoms with van der Waals surface area (Å²) < 4.78 is 0. The van der Waals surface area contributed by atoms with E-state index in [1.54, 1.807) is 6.20 Å². The van der Waals surface area contributed by atoms with Crippen LogP contribution < -0.4 is 0 Å². The minimum atomic E-state index is 0. The number of aromatic nitrogens is 2. The van der Waals surface area contributed by atoms with Crippen LogP contribution in [0, 0.1) is 26.0 Å². The summed E-state index contributed by atoms with van der Waals surface area (Å²) in [7, 11) is 0. The molecule has 0 atom stereocenters. The van der Waals surface area contributed by atoms with Crippen LogP contribution in [0.1, 0.15) is 11.1 Å². The second-order valence-corrected chi connectivity index (χ2v) is 5.95. The van der Waals surface area contributed by atoms with Gasteiger partial charge in [-0.15, -0.1) is 34.9 Å². The third-order valence-electron chi connectivity index (χ3n) is 3.71. The number of pyridine rings is 2. The van der Waals surface area contributed by atoms with Crippen molar-refractivity contribution < 1.29 is 21.1 Å². The molecule has 0 unspecified atom stereocenters. The van der Waals surface area contributed by atoms with Crippen LogP contribution in [-0.4, -0.2) is 9.97 Å². The van der Waals surface area contributed by atoms with Gasteiger partial charge in [-0.3, -0.25) is 9.97 Å². The van der Waals surface area contributed by atoms with Crippen molar-refractivity contribution in [3.05, 3.63) is 108 Å². The van der Waals surface area contributed by atoms with Crippen LogP contribution in [0.4, 0.5) is 0 Å². The smallest absolute Gasteiger partial charge is 0.295 e. The molecule has 0 amide bonds. The second-order valence-electron chi connectivity index (χ2n) is 5.95. The summed E-state index contributed by atoms with van der Waals surface area (Å²) in [5, 5.41) is 0. The molecular weight excluding hydrogens is 511 g/mol. The second kappa shape index (κ2) is 10.5. The predicted octanol–water partition coefficient (Wildman–Crippen LogP) is 5.71. The molecule has 0 radical (unpaired) electrons. The molecular formula is C24H20N2Pt. The Morgan fingerprint density at radius 2 is 1.48 bits per heavy atom. The number of benzene rings is 2. The molecule has 27 heavy (non-hydrogen) atoms. The molecule has 0 aliphatic heterocycles. The Morgan fingerprint density at radius 3 is 2.07 bits per heavy atom. The quantitative estimate of drug-likeness (QED) is 0.310. The topological polar surface area (TPSA) is 25.8 Å². The maximum Gasteiger partial charge on any atom is 2.00 e. The molecule has 0 fully saturated rings. The van der Waals surface area contributed by atoms with Crippen molar-refractivity contribution >= 4 is 0 Å². The first kappa shape index (κ1) is 20.7. The maximum absolute atomic E-state index is 4.70. The standard InChI is InChI=1S/C18H15N2.C6H5.Pt/c1-13-10-14(2)12-15(11-13)16-7-5-8-18(20-16)17-6-3-4-9-19-17;1-2-4-6-5-3-1;/h3-11H,1-2H3;1-5H;/q2*-1;+2. The van der Waals surface area contributed by atoms with Crippen LogP contribution in [0.3, 0.4) is 0 Å². The van der Waals surface area contributed by atoms with E-state index >= 15 is 0 Å². The molecule has 0 aliphatic carbocycles. The number of nitrogens with zero attached hydrogens (tertiary/aromatic N) is 2. The Kier molecular flexibility index (Phi) is 8.10. The van der Waals surface area contributed by atoms with Crippen LogP contribution in [0.25, 0.3) is 22.6 Å². The summed E-state index contributed by atoms with van der Waals surface area (Å²) in [4.78, 5) is 9.05. The zero-order chi connectivity index (χ0) is 18.2. The zero-order valence-electron chi connectivity index (χ0n) is 15.3. The van der Waals surface area contributed by atoms with Crippen molar-refractivity contribution in [3.8, 4) is 22.6 Å². The maximum atomic E-state index is 4.70. The molecule has 2 nitrogen and oxygen atoms in total. The number of aryl methyl sites for hydroxylation is 2. The van der Waals surface area contributed by atoms with E-state index in [0.717, 1.165) is 28.2 Å². The monoisotopic (exact) mass is 531 g/mol. The van der Waals surface area contributed by atoms with Crippen molar-refractivity contribution in [3.63, 3.8) is 0 Å². The van der Waals surface area contributed by atoms with Crippen molar-refractivity contribution in [2.75, 3.05) is 0 Å². The van der Waals surface area contributed by atoms with E-state index in [0.29, 0.717) is 0 Å². The van der Waals surface area contributed by atoms with Gasteiger partial charge in [0, 0.05) is 6.20 Å². The van der Waals surface area contributed by atoms with E-state index in [2.05, 4.69) is 43.1 Å². The van der Waals surface area contributed by atoms with Crippen molar-refractivity contribution in [1.29, 1.82) is 0 Å². The van der Waals surface area contributed by atoms with Crippen LogP contribution in [0.15, 0.2) is 85.1 Å². The minimum absolute atomic E-state index is 0. The first-order valence-electron chi connectivity index (χ1n) is 8.53. The van der Waals surface area contributed by atoms with Gasteiger partial charge in [-0.05, 0) is 23.9 Å². The Morgan fingerprint density at radius 1 is 0.741 bits per heavy atom. The Bertz CT molecular complexity index is 907. The summed E-state index contributed by atoms with van der Waals surface area (Å²) in [6.45, 7) is 4.14. The molecule has 3 heteroatoms. The third-order valence-corrected chi connectivity index (χ3v) is 3.71. The van der Waals surface area contributed by atoms with Crippen LogP contribution in [-0.2, 0) is 21.1 Å². The third kappa shape index (κ3) is 6.27. The first-order valence-corrected chi connectivity index (χ1v) is 8.53. The van der Waals surface area contributed by atoms with Gasteiger partial charge < -0.3 is 0 Å². The molecule has 2 aromatic heterocycles. The SMILES string of the molecule is Cc1[c-]c(-c2cccc(-c3ccccn3)n2)cc(C)c1.[Pt+2].[c-]1ccccc1. The van der Waals surface area contributed by atoms with Crippen molar-refractivity contribution in [2.45, 2.75) is 13.8 Å². The molecule has 0 spiro atoms. The van der Waals surface area contributed by atoms with E-state index < -0.39 is 0 Å². The van der Waals surface area contributed by atoms with Gasteiger partial charge in [0.15, 0.2) is 0 Å². The average molecular weight is 532 g/mol. The van der Waals surface area contributed by atoms with E-state index in [9.17, 15) is 0 Å². The van der Waals surface area contributed by atoms with Gasteiger partial charge in [0.1, 0.15) is 0 Å². The summed E-state index contributed by atoms with van der Waals surface area (Å²) in [5.41, 5.74) is 6.08. The summed E-state index contributed by atoms with van der Waals surface area (Å²) >= 11 is 0. The fraction of sp³-hybridized carbons (Fsp3) is 0.0833. The molecule has 4 aromatic rings. The molecule has 136 valence electrons. The fourth-order valence-corrected chi connectivity index (χ4v) is 2.62. The number of hydrogen-bond donors (Lipinski definition) is 0. The van der Waals surface area contributed by atoms with Gasteiger partial charge in [-0.25, -0.2) is 0 Å². The molecule has 0 saturated carbocycles. The predicted molar refractivity (Wildman–Crippen MR) is 106 cm³/mol. The largest absolute Gasteiger partial charge is 2.00 e.